The van der Waals surface area contributed by atoms with Crippen molar-refractivity contribution in [1.29, 1.82) is 0 Å². The molecular weight excluding hydrogens is 731 g/mol. The summed E-state index contributed by atoms with van der Waals surface area (Å²) in [7, 11) is 1.31. The number of imidazole rings is 1. The first-order valence-corrected chi connectivity index (χ1v) is 21.7. The molecule has 2 saturated heterocycles. The minimum absolute atomic E-state index is 0.0762. The van der Waals surface area contributed by atoms with Crippen molar-refractivity contribution in [3.63, 3.8) is 0 Å². The van der Waals surface area contributed by atoms with Gasteiger partial charge in [-0.15, -0.1) is 0 Å². The fourth-order valence-corrected chi connectivity index (χ4v) is 13.4. The maximum atomic E-state index is 13.6. The zero-order chi connectivity index (χ0) is 31.9. The minimum atomic E-state index is -1.48. The van der Waals surface area contributed by atoms with Crippen molar-refractivity contribution in [2.45, 2.75) is 77.2 Å². The molecule has 0 spiro atoms. The molecule has 4 aliphatic rings. The van der Waals surface area contributed by atoms with Gasteiger partial charge in [-0.25, -0.2) is 4.79 Å². The van der Waals surface area contributed by atoms with Crippen LogP contribution >= 0.6 is 43.3 Å². The summed E-state index contributed by atoms with van der Waals surface area (Å²) in [6.07, 6.45) is 7.56. The van der Waals surface area contributed by atoms with E-state index in [4.69, 9.17) is 14.7 Å². The van der Waals surface area contributed by atoms with Gasteiger partial charge in [-0.1, -0.05) is 13.8 Å². The molecule has 2 amide bonds. The second kappa shape index (κ2) is 13.4. The number of hydrogen-bond acceptors (Lipinski definition) is 8. The first-order chi connectivity index (χ1) is 22.3. The minimum Gasteiger partial charge on any atom is -0.0603 e. The Morgan fingerprint density at radius 3 is 2.50 bits per heavy atom. The van der Waals surface area contributed by atoms with Crippen LogP contribution in [0.5, 0.6) is 0 Å². The van der Waals surface area contributed by atoms with Crippen LogP contribution in [0.3, 0.4) is 0 Å². The number of benzene rings is 2. The number of halogens is 1. The molecule has 0 unspecified atom stereocenters. The smallest absolute Gasteiger partial charge is 0.0175 e. The Hall–Kier alpha value is -2.81. The Balaban J connectivity index is 1.07. The monoisotopic (exact) mass is 770 g/mol. The average Bonchev–Trinajstić information content (AvgIpc) is 3.88. The number of likely N-dealkylation sites (tertiary alicyclic amines) is 1. The Bertz CT molecular complexity index is 1730. The van der Waals surface area contributed by atoms with Crippen molar-refractivity contribution in [2.75, 3.05) is 25.1 Å². The molecule has 1 aromatic heterocycles. The van der Waals surface area contributed by atoms with Crippen LogP contribution in [0.1, 0.15) is 57.0 Å². The molecule has 12 heteroatoms. The van der Waals surface area contributed by atoms with Gasteiger partial charge in [0, 0.05) is 6.54 Å². The van der Waals surface area contributed by atoms with Gasteiger partial charge in [0.15, 0.2) is 0 Å². The second-order valence-electron chi connectivity index (χ2n) is 12.3. The van der Waals surface area contributed by atoms with E-state index in [1.165, 1.54) is 52.4 Å². The van der Waals surface area contributed by atoms with E-state index in [0.717, 1.165) is 36.5 Å². The molecule has 4 aliphatic heterocycles. The third-order valence-corrected chi connectivity index (χ3v) is 16.9. The zero-order valence-electron chi connectivity index (χ0n) is 26.4. The van der Waals surface area contributed by atoms with Crippen LogP contribution in [0.25, 0.3) is 14.8 Å². The number of nitrogens with one attached hydrogen (secondary N) is 3. The van der Waals surface area contributed by atoms with Crippen molar-refractivity contribution in [3.05, 3.63) is 60.2 Å². The van der Waals surface area contributed by atoms with Crippen molar-refractivity contribution in [3.8, 4) is 11.3 Å². The topological polar surface area (TPSA) is 112 Å². The number of nitrogens with zero attached hydrogens (tertiary/aromatic N) is 3. The van der Waals surface area contributed by atoms with Crippen molar-refractivity contribution < 1.29 is 14.3 Å². The van der Waals surface area contributed by atoms with E-state index in [-0.39, 0.29) is 17.9 Å². The number of hydrogen-bond donors (Lipinski definition) is 3. The number of aromatic nitrogens is 2. The van der Waals surface area contributed by atoms with Gasteiger partial charge in [0.2, 0.25) is 5.91 Å². The Morgan fingerprint density at radius 2 is 1.78 bits per heavy atom. The van der Waals surface area contributed by atoms with Gasteiger partial charge in [0.05, 0.1) is 7.11 Å². The number of carbonyl (C=O) groups is 2. The molecule has 3 N–H and O–H groups in total. The molecule has 9 nitrogen and oxygen atoms in total. The molecule has 46 heavy (non-hydrogen) atoms. The molecule has 7 rings (SSSR count). The number of aliphatic imine (C=N–C) groups is 1. The van der Waals surface area contributed by atoms with Crippen LogP contribution in [-0.2, 0) is 9.53 Å². The number of aromatic amines is 1. The molecule has 3 aromatic rings. The third kappa shape index (κ3) is 6.13. The van der Waals surface area contributed by atoms with Gasteiger partial charge in [-0.05, 0) is 18.8 Å². The normalized spacial score (nSPS) is 21.9. The number of methoxy groups -OCH3 is 1. The van der Waals surface area contributed by atoms with E-state index >= 15 is 0 Å². The van der Waals surface area contributed by atoms with Gasteiger partial charge >= 0.3 is 204 Å². The standard InChI is InChI=1S/C34H39IN6O3S2/c1-19(2)30(40-34(43)44-4)33(42)41-14-6-8-25(41)32-38-18-24(39-32)21-10-12-27-29(16-21)46-28-15-20(9-11-26(28)45-27)22-17-37-31(35(22)3)23-7-5-13-36-23/h9-12,15-19,23,25,30,36H,5-8,13-14H2,1-4H3,(H,38,39)(H,40,43)/t23-,25-,30-/m0/s1. The van der Waals surface area contributed by atoms with E-state index < -0.39 is 32.0 Å². The SMILES string of the molecule is COC(=O)N[C@H](C(=O)N1CCC[C@H]1c1ncc(-c2ccc3c(c2)Sc2cc(C4=CN=C([C@@H]5CCCN5)I4C)ccc2S3)[nH]1)C(C)C. The van der Waals surface area contributed by atoms with Crippen LogP contribution in [0.4, 0.5) is 4.79 Å². The summed E-state index contributed by atoms with van der Waals surface area (Å²) in [6.45, 7) is 5.58. The van der Waals surface area contributed by atoms with Crippen molar-refractivity contribution in [2.24, 2.45) is 10.9 Å². The van der Waals surface area contributed by atoms with Crippen LogP contribution in [0.2, 0.25) is 0 Å². The molecule has 0 bridgehead atoms. The van der Waals surface area contributed by atoms with E-state index in [1.807, 2.05) is 48.5 Å². The number of H-pyrrole nitrogens is 1. The number of amides is 2. The van der Waals surface area contributed by atoms with Crippen LogP contribution in [0, 0.1) is 5.92 Å². The van der Waals surface area contributed by atoms with E-state index in [2.05, 4.69) is 63.1 Å². The Kier molecular flexibility index (Phi) is 9.23. The number of ether oxygens (including phenoxy) is 1. The molecule has 0 aliphatic carbocycles. The number of alkyl carbamates (subject to hydrolysis) is 1. The third-order valence-electron chi connectivity index (χ3n) is 9.00. The number of alkyl halides is 1. The summed E-state index contributed by atoms with van der Waals surface area (Å²) in [4.78, 5) is 48.0. The van der Waals surface area contributed by atoms with Crippen molar-refractivity contribution in [1.82, 2.24) is 25.5 Å². The summed E-state index contributed by atoms with van der Waals surface area (Å²) in [5.74, 6) is 0.590. The Labute approximate surface area is 285 Å². The van der Waals surface area contributed by atoms with Crippen LogP contribution in [0.15, 0.2) is 73.4 Å². The fraction of sp³-hybridized carbons (Fsp3) is 0.412. The van der Waals surface area contributed by atoms with Crippen LogP contribution in [-0.4, -0.2) is 67.8 Å². The summed E-state index contributed by atoms with van der Waals surface area (Å²) in [6, 6.07) is 13.1. The molecule has 2 fully saturated rings. The fourth-order valence-electron chi connectivity index (χ4n) is 6.53. The van der Waals surface area contributed by atoms with Crippen molar-refractivity contribution >= 4 is 62.6 Å². The number of rotatable bonds is 7. The summed E-state index contributed by atoms with van der Waals surface area (Å²) < 4.78 is 7.65. The second-order valence-corrected chi connectivity index (χ2v) is 19.4. The first-order valence-electron chi connectivity index (χ1n) is 15.8. The molecule has 5 heterocycles. The van der Waals surface area contributed by atoms with E-state index in [1.54, 1.807) is 0 Å². The van der Waals surface area contributed by atoms with Crippen LogP contribution < -0.4 is 10.6 Å². The predicted molar refractivity (Wildman–Crippen MR) is 193 cm³/mol. The van der Waals surface area contributed by atoms with Gasteiger partial charge in [-0.2, -0.15) is 0 Å². The molecule has 0 radical (unpaired) electrons. The zero-order valence-corrected chi connectivity index (χ0v) is 30.2. The summed E-state index contributed by atoms with van der Waals surface area (Å²) >= 11 is 2.17. The van der Waals surface area contributed by atoms with Gasteiger partial charge < -0.3 is 15.0 Å². The van der Waals surface area contributed by atoms with Gasteiger partial charge in [0.25, 0.3) is 0 Å². The first kappa shape index (κ1) is 31.8. The summed E-state index contributed by atoms with van der Waals surface area (Å²) in [5, 5.41) is 6.37. The molecule has 2 aromatic carbocycles. The largest absolute Gasteiger partial charge is 0.0603 e. The van der Waals surface area contributed by atoms with Gasteiger partial charge in [-0.3, -0.25) is 4.79 Å². The molecule has 242 valence electrons. The maximum absolute atomic E-state index is 13.6. The van der Waals surface area contributed by atoms with E-state index in [9.17, 15) is 9.59 Å². The molecular formula is C34H39IN6O3S2. The average molecular weight is 771 g/mol. The Morgan fingerprint density at radius 1 is 1.04 bits per heavy atom. The quantitative estimate of drug-likeness (QED) is 0.133. The molecule has 0 saturated carbocycles. The number of carbonyl (C=O) groups excluding carboxylic acids is 2. The molecule has 3 atom stereocenters. The summed E-state index contributed by atoms with van der Waals surface area (Å²) in [5.41, 5.74) is 3.31. The predicted octanol–water partition coefficient (Wildman–Crippen LogP) is 7.34. The maximum Gasteiger partial charge on any atom is -0.0175 e. The van der Waals surface area contributed by atoms with E-state index in [0.29, 0.717) is 12.6 Å². The number of fused-ring (bicyclic) bond motifs is 2. The van der Waals surface area contributed by atoms with Gasteiger partial charge in [0.1, 0.15) is 6.04 Å².